The molecule has 2 aliphatic heterocycles. The summed E-state index contributed by atoms with van der Waals surface area (Å²) in [6.45, 7) is -0.302. The molecule has 2 saturated heterocycles. The fourth-order valence-electron chi connectivity index (χ4n) is 2.31. The van der Waals surface area contributed by atoms with E-state index < -0.39 is 36.1 Å². The van der Waals surface area contributed by atoms with Crippen molar-refractivity contribution in [1.29, 1.82) is 0 Å². The van der Waals surface area contributed by atoms with Gasteiger partial charge in [0.05, 0.1) is 6.21 Å². The van der Waals surface area contributed by atoms with Crippen LogP contribution >= 0.6 is 0 Å². The summed E-state index contributed by atoms with van der Waals surface area (Å²) < 4.78 is 13.4. The molecule has 23 heavy (non-hydrogen) atoms. The summed E-state index contributed by atoms with van der Waals surface area (Å²) in [4.78, 5) is 35.9. The number of fused-ring (bicyclic) bond motifs is 1. The van der Waals surface area contributed by atoms with Crippen LogP contribution in [0.2, 0.25) is 0 Å². The highest BCUT2D eigenvalue weighted by atomic mass is 19.1. The minimum atomic E-state index is -0.642. The molecule has 2 aliphatic rings. The molecule has 2 fully saturated rings. The molecule has 9 nitrogen and oxygen atoms in total. The molecule has 0 saturated carbocycles. The lowest BCUT2D eigenvalue weighted by atomic mass is 10.2. The van der Waals surface area contributed by atoms with Crippen LogP contribution in [0.1, 0.15) is 5.56 Å². The van der Waals surface area contributed by atoms with Gasteiger partial charge in [-0.15, -0.1) is 0 Å². The van der Waals surface area contributed by atoms with E-state index in [9.17, 15) is 18.8 Å². The summed E-state index contributed by atoms with van der Waals surface area (Å²) in [5.41, 5.74) is 2.43. The summed E-state index contributed by atoms with van der Waals surface area (Å²) in [6, 6.07) is 5.04. The number of carbonyl (C=O) groups excluding carboxylic acids is 3. The number of halogens is 1. The number of rotatable bonds is 4. The number of hydrogen-bond donors (Lipinski definition) is 4. The maximum absolute atomic E-state index is 13.4. The SMILES string of the molecule is O=C(CN1C(=O)NC2NC(=O)NC21)NN=Cc1ccccc1F. The van der Waals surface area contributed by atoms with Crippen molar-refractivity contribution in [2.45, 2.75) is 12.3 Å². The molecule has 0 spiro atoms. The molecule has 0 bridgehead atoms. The van der Waals surface area contributed by atoms with Crippen LogP contribution < -0.4 is 21.4 Å². The van der Waals surface area contributed by atoms with Crippen LogP contribution in [-0.4, -0.2) is 48.0 Å². The van der Waals surface area contributed by atoms with Gasteiger partial charge >= 0.3 is 12.1 Å². The standard InChI is InChI=1S/C13H13FN6O3/c14-8-4-2-1-3-7(8)5-15-19-9(21)6-20-11-10(17-13(20)23)16-12(22)18-11/h1-5,10-11H,6H2,(H,17,23)(H,19,21)(H2,16,18,22). The normalized spacial score (nSPS) is 22.6. The lowest BCUT2D eigenvalue weighted by Crippen LogP contribution is -2.47. The van der Waals surface area contributed by atoms with Crippen molar-refractivity contribution in [3.63, 3.8) is 0 Å². The largest absolute Gasteiger partial charge is 0.321 e. The first kappa shape index (κ1) is 14.8. The Morgan fingerprint density at radius 1 is 1.30 bits per heavy atom. The van der Waals surface area contributed by atoms with Crippen molar-refractivity contribution >= 4 is 24.2 Å². The fraction of sp³-hybridized carbons (Fsp3) is 0.231. The van der Waals surface area contributed by atoms with Crippen molar-refractivity contribution in [3.05, 3.63) is 35.6 Å². The molecule has 0 aromatic heterocycles. The van der Waals surface area contributed by atoms with Crippen LogP contribution in [0.25, 0.3) is 0 Å². The van der Waals surface area contributed by atoms with Crippen LogP contribution in [0.3, 0.4) is 0 Å². The van der Waals surface area contributed by atoms with Gasteiger partial charge in [0.1, 0.15) is 24.7 Å². The van der Waals surface area contributed by atoms with E-state index in [4.69, 9.17) is 0 Å². The Hall–Kier alpha value is -3.17. The van der Waals surface area contributed by atoms with Gasteiger partial charge in [0.25, 0.3) is 5.91 Å². The van der Waals surface area contributed by atoms with Crippen LogP contribution in [-0.2, 0) is 4.79 Å². The third-order valence-electron chi connectivity index (χ3n) is 3.37. The molecule has 120 valence electrons. The summed E-state index contributed by atoms with van der Waals surface area (Å²) in [5.74, 6) is -1.04. The van der Waals surface area contributed by atoms with E-state index in [0.717, 1.165) is 4.90 Å². The van der Waals surface area contributed by atoms with E-state index in [1.165, 1.54) is 24.4 Å². The lowest BCUT2D eigenvalue weighted by molar-refractivity contribution is -0.121. The van der Waals surface area contributed by atoms with Gasteiger partial charge in [-0.05, 0) is 6.07 Å². The predicted molar refractivity (Wildman–Crippen MR) is 76.6 cm³/mol. The average Bonchev–Trinajstić information content (AvgIpc) is 2.98. The van der Waals surface area contributed by atoms with Gasteiger partial charge in [0, 0.05) is 5.56 Å². The molecule has 2 heterocycles. The number of benzene rings is 1. The van der Waals surface area contributed by atoms with E-state index in [-0.39, 0.29) is 12.1 Å². The number of urea groups is 2. The molecule has 0 aliphatic carbocycles. The zero-order valence-electron chi connectivity index (χ0n) is 11.7. The molecular formula is C13H13FN6O3. The molecule has 2 atom stereocenters. The number of amides is 5. The molecular weight excluding hydrogens is 307 g/mol. The van der Waals surface area contributed by atoms with Gasteiger partial charge in [-0.1, -0.05) is 18.2 Å². The topological polar surface area (TPSA) is 115 Å². The number of carbonyl (C=O) groups is 3. The fourth-order valence-corrected chi connectivity index (χ4v) is 2.31. The van der Waals surface area contributed by atoms with Crippen LogP contribution in [0.15, 0.2) is 29.4 Å². The predicted octanol–water partition coefficient (Wildman–Crippen LogP) is -0.734. The summed E-state index contributed by atoms with van der Waals surface area (Å²) in [7, 11) is 0. The molecule has 3 rings (SSSR count). The van der Waals surface area contributed by atoms with Gasteiger partial charge in [0.2, 0.25) is 0 Å². The van der Waals surface area contributed by atoms with E-state index in [0.29, 0.717) is 0 Å². The van der Waals surface area contributed by atoms with Crippen molar-refractivity contribution in [1.82, 2.24) is 26.3 Å². The Bertz CT molecular complexity index is 694. The summed E-state index contributed by atoms with van der Waals surface area (Å²) >= 11 is 0. The second kappa shape index (κ2) is 5.91. The minimum absolute atomic E-state index is 0.221. The van der Waals surface area contributed by atoms with Gasteiger partial charge < -0.3 is 16.0 Å². The third kappa shape index (κ3) is 3.05. The number of hydrazone groups is 1. The van der Waals surface area contributed by atoms with Crippen LogP contribution in [0.5, 0.6) is 0 Å². The van der Waals surface area contributed by atoms with Crippen LogP contribution in [0.4, 0.5) is 14.0 Å². The molecule has 0 radical (unpaired) electrons. The number of hydrogen-bond acceptors (Lipinski definition) is 4. The van der Waals surface area contributed by atoms with Gasteiger partial charge in [0.15, 0.2) is 0 Å². The zero-order valence-corrected chi connectivity index (χ0v) is 11.7. The van der Waals surface area contributed by atoms with Crippen molar-refractivity contribution in [3.8, 4) is 0 Å². The Labute approximate surface area is 129 Å². The maximum Gasteiger partial charge on any atom is 0.321 e. The Kier molecular flexibility index (Phi) is 3.79. The van der Waals surface area contributed by atoms with E-state index >= 15 is 0 Å². The molecule has 10 heteroatoms. The monoisotopic (exact) mass is 320 g/mol. The second-order valence-corrected chi connectivity index (χ2v) is 4.93. The summed E-state index contributed by atoms with van der Waals surface area (Å²) in [6.07, 6.45) is -0.0556. The molecule has 1 aromatic carbocycles. The first-order chi connectivity index (χ1) is 11.0. The van der Waals surface area contributed by atoms with E-state index in [1.807, 2.05) is 0 Å². The highest BCUT2D eigenvalue weighted by molar-refractivity contribution is 5.89. The molecule has 5 amide bonds. The number of nitrogens with one attached hydrogen (secondary N) is 4. The average molecular weight is 320 g/mol. The van der Waals surface area contributed by atoms with Crippen molar-refractivity contribution in [2.24, 2.45) is 5.10 Å². The highest BCUT2D eigenvalue weighted by Gasteiger charge is 2.45. The highest BCUT2D eigenvalue weighted by Crippen LogP contribution is 2.13. The van der Waals surface area contributed by atoms with Gasteiger partial charge in [-0.2, -0.15) is 5.10 Å². The number of nitrogens with zero attached hydrogens (tertiary/aromatic N) is 2. The van der Waals surface area contributed by atoms with Crippen molar-refractivity contribution < 1.29 is 18.8 Å². The molecule has 4 N–H and O–H groups in total. The lowest BCUT2D eigenvalue weighted by Gasteiger charge is -2.19. The summed E-state index contributed by atoms with van der Waals surface area (Å²) in [5, 5.41) is 11.2. The quantitative estimate of drug-likeness (QED) is 0.433. The van der Waals surface area contributed by atoms with Gasteiger partial charge in [-0.3, -0.25) is 9.69 Å². The first-order valence-corrected chi connectivity index (χ1v) is 6.75. The Morgan fingerprint density at radius 3 is 2.87 bits per heavy atom. The van der Waals surface area contributed by atoms with Crippen molar-refractivity contribution in [2.75, 3.05) is 6.54 Å². The maximum atomic E-state index is 13.4. The third-order valence-corrected chi connectivity index (χ3v) is 3.37. The molecule has 2 unspecified atom stereocenters. The second-order valence-electron chi connectivity index (χ2n) is 4.93. The van der Waals surface area contributed by atoms with E-state index in [2.05, 4.69) is 26.5 Å². The molecule has 1 aromatic rings. The van der Waals surface area contributed by atoms with E-state index in [1.54, 1.807) is 6.07 Å². The Morgan fingerprint density at radius 2 is 2.09 bits per heavy atom. The minimum Gasteiger partial charge on any atom is -0.314 e. The van der Waals surface area contributed by atoms with Crippen LogP contribution in [0, 0.1) is 5.82 Å². The first-order valence-electron chi connectivity index (χ1n) is 6.75. The zero-order chi connectivity index (χ0) is 16.4. The smallest absolute Gasteiger partial charge is 0.314 e. The van der Waals surface area contributed by atoms with Gasteiger partial charge in [-0.25, -0.2) is 19.4 Å². The Balaban J connectivity index is 1.56.